The molecule has 0 saturated heterocycles. The van der Waals surface area contributed by atoms with Crippen molar-refractivity contribution in [2.45, 2.75) is 25.8 Å². The standard InChI is InChI=1S/C18H20FNO/c1-2-20-18(13-21)12-5-14-3-6-15(7-4-14)16-8-10-17(19)11-9-16/h3-4,6-11,13,18,20H,2,5,12H2,1H3/t18-/m0/s1. The third-order valence-electron chi connectivity index (χ3n) is 3.51. The van der Waals surface area contributed by atoms with Gasteiger partial charge in [0.1, 0.15) is 12.1 Å². The number of halogens is 1. The number of carbonyl (C=O) groups excluding carboxylic acids is 1. The molecule has 0 aliphatic heterocycles. The van der Waals surface area contributed by atoms with Crippen molar-refractivity contribution in [2.24, 2.45) is 0 Å². The quantitative estimate of drug-likeness (QED) is 0.787. The summed E-state index contributed by atoms with van der Waals surface area (Å²) in [6, 6.07) is 14.6. The second-order valence-corrected chi connectivity index (χ2v) is 5.04. The van der Waals surface area contributed by atoms with Crippen molar-refractivity contribution in [2.75, 3.05) is 6.54 Å². The highest BCUT2D eigenvalue weighted by Gasteiger charge is 2.05. The average molecular weight is 285 g/mol. The average Bonchev–Trinajstić information content (AvgIpc) is 2.53. The van der Waals surface area contributed by atoms with E-state index in [4.69, 9.17) is 0 Å². The molecule has 1 atom stereocenters. The highest BCUT2D eigenvalue weighted by molar-refractivity contribution is 5.63. The first kappa shape index (κ1) is 15.4. The Labute approximate surface area is 125 Å². The molecule has 21 heavy (non-hydrogen) atoms. The van der Waals surface area contributed by atoms with Gasteiger partial charge in [-0.05, 0) is 48.2 Å². The molecule has 0 spiro atoms. The van der Waals surface area contributed by atoms with Gasteiger partial charge in [-0.1, -0.05) is 43.3 Å². The van der Waals surface area contributed by atoms with Crippen LogP contribution in [0.2, 0.25) is 0 Å². The van der Waals surface area contributed by atoms with E-state index in [1.165, 1.54) is 17.7 Å². The van der Waals surface area contributed by atoms with Gasteiger partial charge in [-0.25, -0.2) is 4.39 Å². The summed E-state index contributed by atoms with van der Waals surface area (Å²) >= 11 is 0. The maximum atomic E-state index is 12.9. The third kappa shape index (κ3) is 4.50. The summed E-state index contributed by atoms with van der Waals surface area (Å²) in [4.78, 5) is 10.9. The van der Waals surface area contributed by atoms with Gasteiger partial charge in [0.15, 0.2) is 0 Å². The number of likely N-dealkylation sites (N-methyl/N-ethyl adjacent to an activating group) is 1. The van der Waals surface area contributed by atoms with Crippen LogP contribution in [0.3, 0.4) is 0 Å². The van der Waals surface area contributed by atoms with Crippen molar-refractivity contribution < 1.29 is 9.18 Å². The van der Waals surface area contributed by atoms with Crippen molar-refractivity contribution >= 4 is 6.29 Å². The number of rotatable bonds is 7. The first-order chi connectivity index (χ1) is 10.2. The number of hydrogen-bond acceptors (Lipinski definition) is 2. The van der Waals surface area contributed by atoms with Crippen LogP contribution in [0.1, 0.15) is 18.9 Å². The Hall–Kier alpha value is -2.00. The highest BCUT2D eigenvalue weighted by atomic mass is 19.1. The van der Waals surface area contributed by atoms with E-state index < -0.39 is 0 Å². The minimum Gasteiger partial charge on any atom is -0.308 e. The smallest absolute Gasteiger partial charge is 0.136 e. The van der Waals surface area contributed by atoms with Crippen LogP contribution in [-0.4, -0.2) is 18.9 Å². The van der Waals surface area contributed by atoms with Crippen molar-refractivity contribution in [1.29, 1.82) is 0 Å². The number of hydrogen-bond donors (Lipinski definition) is 1. The van der Waals surface area contributed by atoms with E-state index >= 15 is 0 Å². The summed E-state index contributed by atoms with van der Waals surface area (Å²) in [7, 11) is 0. The minimum atomic E-state index is -0.223. The van der Waals surface area contributed by atoms with Crippen molar-refractivity contribution in [1.82, 2.24) is 5.32 Å². The molecular weight excluding hydrogens is 265 g/mol. The molecule has 1 N–H and O–H groups in total. The number of aryl methyl sites for hydroxylation is 1. The van der Waals surface area contributed by atoms with E-state index in [1.54, 1.807) is 12.1 Å². The molecule has 0 saturated carbocycles. The topological polar surface area (TPSA) is 29.1 Å². The number of nitrogens with one attached hydrogen (secondary N) is 1. The van der Waals surface area contributed by atoms with E-state index in [9.17, 15) is 9.18 Å². The Morgan fingerprint density at radius 3 is 2.14 bits per heavy atom. The predicted octanol–water partition coefficient (Wildman–Crippen LogP) is 3.60. The Balaban J connectivity index is 1.98. The molecule has 0 heterocycles. The van der Waals surface area contributed by atoms with Gasteiger partial charge >= 0.3 is 0 Å². The van der Waals surface area contributed by atoms with E-state index in [0.717, 1.165) is 36.8 Å². The number of benzene rings is 2. The zero-order chi connectivity index (χ0) is 15.1. The minimum absolute atomic E-state index is 0.0771. The number of carbonyl (C=O) groups is 1. The summed E-state index contributed by atoms with van der Waals surface area (Å²) in [5, 5.41) is 3.14. The molecule has 0 aliphatic rings. The fourth-order valence-corrected chi connectivity index (χ4v) is 2.31. The molecule has 110 valence electrons. The van der Waals surface area contributed by atoms with Crippen molar-refractivity contribution in [3.8, 4) is 11.1 Å². The summed E-state index contributed by atoms with van der Waals surface area (Å²) < 4.78 is 12.9. The lowest BCUT2D eigenvalue weighted by Crippen LogP contribution is -2.30. The van der Waals surface area contributed by atoms with Crippen molar-refractivity contribution in [3.63, 3.8) is 0 Å². The maximum absolute atomic E-state index is 12.9. The molecule has 3 heteroatoms. The second kappa shape index (κ2) is 7.70. The monoisotopic (exact) mass is 285 g/mol. The van der Waals surface area contributed by atoms with Crippen LogP contribution in [0.25, 0.3) is 11.1 Å². The molecule has 0 radical (unpaired) electrons. The fraction of sp³-hybridized carbons (Fsp3) is 0.278. The summed E-state index contributed by atoms with van der Waals surface area (Å²) in [5.74, 6) is -0.223. The maximum Gasteiger partial charge on any atom is 0.136 e. The van der Waals surface area contributed by atoms with Crippen LogP contribution in [0.15, 0.2) is 48.5 Å². The molecule has 0 bridgehead atoms. The Kier molecular flexibility index (Phi) is 5.64. The van der Waals surface area contributed by atoms with Crippen LogP contribution < -0.4 is 5.32 Å². The van der Waals surface area contributed by atoms with Crippen LogP contribution in [0, 0.1) is 5.82 Å². The lowest BCUT2D eigenvalue weighted by Gasteiger charge is -2.11. The van der Waals surface area contributed by atoms with Crippen LogP contribution >= 0.6 is 0 Å². The van der Waals surface area contributed by atoms with Gasteiger partial charge in [-0.3, -0.25) is 0 Å². The number of aldehydes is 1. The summed E-state index contributed by atoms with van der Waals surface area (Å²) in [6.45, 7) is 2.79. The molecule has 2 nitrogen and oxygen atoms in total. The highest BCUT2D eigenvalue weighted by Crippen LogP contribution is 2.20. The van der Waals surface area contributed by atoms with Gasteiger partial charge < -0.3 is 10.1 Å². The first-order valence-electron chi connectivity index (χ1n) is 7.26. The molecule has 0 unspecified atom stereocenters. The zero-order valence-corrected chi connectivity index (χ0v) is 12.2. The Morgan fingerprint density at radius 1 is 1.05 bits per heavy atom. The molecule has 2 rings (SSSR count). The second-order valence-electron chi connectivity index (χ2n) is 5.04. The van der Waals surface area contributed by atoms with E-state index in [1.807, 2.05) is 19.1 Å². The Bertz CT molecular complexity index is 563. The normalized spacial score (nSPS) is 12.1. The molecule has 2 aromatic carbocycles. The molecule has 0 aliphatic carbocycles. The predicted molar refractivity (Wildman–Crippen MR) is 83.7 cm³/mol. The molecular formula is C18H20FNO. The van der Waals surface area contributed by atoms with Gasteiger partial charge in [-0.2, -0.15) is 0 Å². The lowest BCUT2D eigenvalue weighted by atomic mass is 10.0. The van der Waals surface area contributed by atoms with E-state index in [2.05, 4.69) is 17.4 Å². The van der Waals surface area contributed by atoms with Gasteiger partial charge in [0.25, 0.3) is 0 Å². The van der Waals surface area contributed by atoms with Crippen LogP contribution in [0.5, 0.6) is 0 Å². The SMILES string of the molecule is CCN[C@H](C=O)CCc1ccc(-c2ccc(F)cc2)cc1. The Morgan fingerprint density at radius 2 is 1.62 bits per heavy atom. The fourth-order valence-electron chi connectivity index (χ4n) is 2.31. The van der Waals surface area contributed by atoms with Crippen LogP contribution in [0.4, 0.5) is 4.39 Å². The summed E-state index contributed by atoms with van der Waals surface area (Å²) in [6.07, 6.45) is 2.63. The zero-order valence-electron chi connectivity index (χ0n) is 12.2. The van der Waals surface area contributed by atoms with Gasteiger partial charge in [0.05, 0.1) is 6.04 Å². The van der Waals surface area contributed by atoms with E-state index in [0.29, 0.717) is 0 Å². The molecule has 0 amide bonds. The van der Waals surface area contributed by atoms with Gasteiger partial charge in [0, 0.05) is 0 Å². The first-order valence-corrected chi connectivity index (χ1v) is 7.26. The van der Waals surface area contributed by atoms with Crippen LogP contribution in [-0.2, 0) is 11.2 Å². The van der Waals surface area contributed by atoms with Gasteiger partial charge in [0.2, 0.25) is 0 Å². The largest absolute Gasteiger partial charge is 0.308 e. The third-order valence-corrected chi connectivity index (χ3v) is 3.51. The van der Waals surface area contributed by atoms with E-state index in [-0.39, 0.29) is 11.9 Å². The molecule has 2 aromatic rings. The van der Waals surface area contributed by atoms with Crippen molar-refractivity contribution in [3.05, 3.63) is 59.9 Å². The summed E-state index contributed by atoms with van der Waals surface area (Å²) in [5.41, 5.74) is 3.27. The van der Waals surface area contributed by atoms with Gasteiger partial charge in [-0.15, -0.1) is 0 Å². The molecule has 0 fully saturated rings. The lowest BCUT2D eigenvalue weighted by molar-refractivity contribution is -0.109. The molecule has 0 aromatic heterocycles.